The Hall–Kier alpha value is -0.0500. The molecular weight excluding hydrogens is 249 g/mol. The molecule has 13 heavy (non-hydrogen) atoms. The van der Waals surface area contributed by atoms with Crippen molar-refractivity contribution in [1.82, 2.24) is 5.32 Å². The fourth-order valence-corrected chi connectivity index (χ4v) is 1.51. The quantitative estimate of drug-likeness (QED) is 0.818. The predicted octanol–water partition coefficient (Wildman–Crippen LogP) is 3.60. The summed E-state index contributed by atoms with van der Waals surface area (Å²) in [5.41, 5.74) is 1.22. The van der Waals surface area contributed by atoms with E-state index >= 15 is 0 Å². The van der Waals surface area contributed by atoms with Gasteiger partial charge in [-0.25, -0.2) is 0 Å². The number of nitrogens with one attached hydrogen (secondary N) is 1. The van der Waals surface area contributed by atoms with Crippen molar-refractivity contribution in [3.8, 4) is 0 Å². The lowest BCUT2D eigenvalue weighted by atomic mass is 10.2. The molecule has 1 aromatic carbocycles. The molecule has 0 bridgehead atoms. The van der Waals surface area contributed by atoms with Crippen molar-refractivity contribution in [3.63, 3.8) is 0 Å². The van der Waals surface area contributed by atoms with Gasteiger partial charge in [-0.1, -0.05) is 24.6 Å². The first-order chi connectivity index (χ1) is 6.24. The van der Waals surface area contributed by atoms with Gasteiger partial charge in [-0.2, -0.15) is 0 Å². The molecular formula is C10H13BrClN. The largest absolute Gasteiger partial charge is 0.313 e. The van der Waals surface area contributed by atoms with E-state index in [1.807, 2.05) is 12.1 Å². The van der Waals surface area contributed by atoms with Gasteiger partial charge in [-0.15, -0.1) is 0 Å². The Morgan fingerprint density at radius 3 is 2.85 bits per heavy atom. The SMILES string of the molecule is CCCNCc1ccc(Br)c(Cl)c1. The van der Waals surface area contributed by atoms with Gasteiger partial charge in [0.2, 0.25) is 0 Å². The van der Waals surface area contributed by atoms with Crippen LogP contribution >= 0.6 is 27.5 Å². The Bertz CT molecular complexity index is 276. The fourth-order valence-electron chi connectivity index (χ4n) is 1.06. The van der Waals surface area contributed by atoms with Crippen molar-refractivity contribution in [1.29, 1.82) is 0 Å². The summed E-state index contributed by atoms with van der Waals surface area (Å²) in [6.07, 6.45) is 1.16. The molecule has 0 aliphatic heterocycles. The van der Waals surface area contributed by atoms with E-state index in [9.17, 15) is 0 Å². The second kappa shape index (κ2) is 5.63. The van der Waals surface area contributed by atoms with Gasteiger partial charge in [-0.3, -0.25) is 0 Å². The van der Waals surface area contributed by atoms with Crippen molar-refractivity contribution >= 4 is 27.5 Å². The number of hydrogen-bond acceptors (Lipinski definition) is 1. The second-order valence-corrected chi connectivity index (χ2v) is 4.19. The zero-order valence-corrected chi connectivity index (χ0v) is 9.95. The molecule has 0 fully saturated rings. The van der Waals surface area contributed by atoms with Crippen molar-refractivity contribution in [2.24, 2.45) is 0 Å². The molecule has 0 aliphatic carbocycles. The molecule has 3 heteroatoms. The van der Waals surface area contributed by atoms with Crippen LogP contribution in [-0.4, -0.2) is 6.54 Å². The van der Waals surface area contributed by atoms with E-state index in [-0.39, 0.29) is 0 Å². The third-order valence-electron chi connectivity index (χ3n) is 1.74. The smallest absolute Gasteiger partial charge is 0.0551 e. The van der Waals surface area contributed by atoms with E-state index in [1.165, 1.54) is 5.56 Å². The standard InChI is InChI=1S/C10H13BrClN/c1-2-5-13-7-8-3-4-9(11)10(12)6-8/h3-4,6,13H,2,5,7H2,1H3. The summed E-state index contributed by atoms with van der Waals surface area (Å²) in [4.78, 5) is 0. The summed E-state index contributed by atoms with van der Waals surface area (Å²) in [6, 6.07) is 6.03. The van der Waals surface area contributed by atoms with Crippen LogP contribution in [0.15, 0.2) is 22.7 Å². The number of halogens is 2. The second-order valence-electron chi connectivity index (χ2n) is 2.93. The van der Waals surface area contributed by atoms with E-state index in [2.05, 4.69) is 34.2 Å². The molecule has 0 unspecified atom stereocenters. The van der Waals surface area contributed by atoms with E-state index in [0.29, 0.717) is 0 Å². The molecule has 72 valence electrons. The Kier molecular flexibility index (Phi) is 4.78. The van der Waals surface area contributed by atoms with E-state index < -0.39 is 0 Å². The van der Waals surface area contributed by atoms with Crippen LogP contribution < -0.4 is 5.32 Å². The molecule has 0 amide bonds. The summed E-state index contributed by atoms with van der Waals surface area (Å²) in [6.45, 7) is 4.09. The van der Waals surface area contributed by atoms with Crippen LogP contribution in [0.5, 0.6) is 0 Å². The lowest BCUT2D eigenvalue weighted by molar-refractivity contribution is 0.675. The molecule has 0 saturated carbocycles. The maximum Gasteiger partial charge on any atom is 0.0551 e. The molecule has 1 aromatic rings. The summed E-state index contributed by atoms with van der Waals surface area (Å²) in [5.74, 6) is 0. The van der Waals surface area contributed by atoms with Gasteiger partial charge >= 0.3 is 0 Å². The van der Waals surface area contributed by atoms with Crippen LogP contribution in [0.2, 0.25) is 5.02 Å². The van der Waals surface area contributed by atoms with Gasteiger partial charge in [0.1, 0.15) is 0 Å². The van der Waals surface area contributed by atoms with E-state index in [4.69, 9.17) is 11.6 Å². The van der Waals surface area contributed by atoms with Crippen LogP contribution in [0.25, 0.3) is 0 Å². The van der Waals surface area contributed by atoms with Crippen LogP contribution in [-0.2, 0) is 6.54 Å². The Morgan fingerprint density at radius 2 is 2.23 bits per heavy atom. The Morgan fingerprint density at radius 1 is 1.46 bits per heavy atom. The molecule has 1 rings (SSSR count). The zero-order chi connectivity index (χ0) is 9.68. The molecule has 1 nitrogen and oxygen atoms in total. The summed E-state index contributed by atoms with van der Waals surface area (Å²) < 4.78 is 0.952. The minimum Gasteiger partial charge on any atom is -0.313 e. The van der Waals surface area contributed by atoms with Crippen molar-refractivity contribution in [3.05, 3.63) is 33.3 Å². The molecule has 0 aliphatic rings. The van der Waals surface area contributed by atoms with Crippen LogP contribution in [0.1, 0.15) is 18.9 Å². The molecule has 0 heterocycles. The highest BCUT2D eigenvalue weighted by atomic mass is 79.9. The maximum absolute atomic E-state index is 5.95. The molecule has 0 spiro atoms. The fraction of sp³-hybridized carbons (Fsp3) is 0.400. The third-order valence-corrected chi connectivity index (χ3v) is 2.97. The monoisotopic (exact) mass is 261 g/mol. The highest BCUT2D eigenvalue weighted by Crippen LogP contribution is 2.22. The zero-order valence-electron chi connectivity index (χ0n) is 7.61. The molecule has 1 N–H and O–H groups in total. The Labute approximate surface area is 92.6 Å². The van der Waals surface area contributed by atoms with E-state index in [0.717, 1.165) is 29.0 Å². The lowest BCUT2D eigenvalue weighted by Crippen LogP contribution is -2.13. The van der Waals surface area contributed by atoms with Crippen molar-refractivity contribution in [2.45, 2.75) is 19.9 Å². The first-order valence-electron chi connectivity index (χ1n) is 4.38. The number of hydrogen-bond donors (Lipinski definition) is 1. The summed E-state index contributed by atoms with van der Waals surface area (Å²) >= 11 is 9.31. The summed E-state index contributed by atoms with van der Waals surface area (Å²) in [7, 11) is 0. The first kappa shape index (κ1) is 11.0. The van der Waals surface area contributed by atoms with E-state index in [1.54, 1.807) is 0 Å². The van der Waals surface area contributed by atoms with Crippen molar-refractivity contribution in [2.75, 3.05) is 6.54 Å². The van der Waals surface area contributed by atoms with Gasteiger partial charge in [0.15, 0.2) is 0 Å². The topological polar surface area (TPSA) is 12.0 Å². The molecule has 0 atom stereocenters. The first-order valence-corrected chi connectivity index (χ1v) is 5.55. The maximum atomic E-state index is 5.95. The predicted molar refractivity (Wildman–Crippen MR) is 61.1 cm³/mol. The average molecular weight is 263 g/mol. The minimum atomic E-state index is 0.774. The molecule has 0 aromatic heterocycles. The highest BCUT2D eigenvalue weighted by Gasteiger charge is 1.97. The van der Waals surface area contributed by atoms with Crippen molar-refractivity contribution < 1.29 is 0 Å². The number of rotatable bonds is 4. The normalized spacial score (nSPS) is 10.4. The molecule has 0 radical (unpaired) electrons. The third kappa shape index (κ3) is 3.67. The Balaban J connectivity index is 2.53. The average Bonchev–Trinajstić information content (AvgIpc) is 2.12. The van der Waals surface area contributed by atoms with Gasteiger partial charge in [0, 0.05) is 11.0 Å². The van der Waals surface area contributed by atoms with Gasteiger partial charge < -0.3 is 5.32 Å². The highest BCUT2D eigenvalue weighted by molar-refractivity contribution is 9.10. The van der Waals surface area contributed by atoms with Crippen LogP contribution in [0.3, 0.4) is 0 Å². The minimum absolute atomic E-state index is 0.774. The lowest BCUT2D eigenvalue weighted by Gasteiger charge is -2.04. The van der Waals surface area contributed by atoms with Crippen LogP contribution in [0.4, 0.5) is 0 Å². The van der Waals surface area contributed by atoms with Gasteiger partial charge in [0.05, 0.1) is 5.02 Å². The molecule has 0 saturated heterocycles. The van der Waals surface area contributed by atoms with Gasteiger partial charge in [-0.05, 0) is 46.6 Å². The van der Waals surface area contributed by atoms with Gasteiger partial charge in [0.25, 0.3) is 0 Å². The number of benzene rings is 1. The van der Waals surface area contributed by atoms with Crippen LogP contribution in [0, 0.1) is 0 Å². The summed E-state index contributed by atoms with van der Waals surface area (Å²) in [5, 5.41) is 4.10.